The fourth-order valence-corrected chi connectivity index (χ4v) is 2.03. The minimum atomic E-state index is 0.0247. The number of hydrogen-bond donors (Lipinski definition) is 0. The van der Waals surface area contributed by atoms with Gasteiger partial charge >= 0.3 is 0 Å². The van der Waals surface area contributed by atoms with Crippen LogP contribution in [0.4, 0.5) is 0 Å². The molecule has 19 heavy (non-hydrogen) atoms. The molecule has 0 atom stereocenters. The molecule has 0 aromatic heterocycles. The number of hydrogen-bond acceptors (Lipinski definition) is 3. The largest absolute Gasteiger partial charge is 0.497 e. The van der Waals surface area contributed by atoms with Crippen LogP contribution in [0.25, 0.3) is 0 Å². The summed E-state index contributed by atoms with van der Waals surface area (Å²) in [7, 11) is 1.62. The number of carbonyl (C=O) groups excluding carboxylic acids is 1. The van der Waals surface area contributed by atoms with E-state index < -0.39 is 0 Å². The maximum absolute atomic E-state index is 11.3. The van der Waals surface area contributed by atoms with Crippen molar-refractivity contribution in [2.45, 2.75) is 6.92 Å². The van der Waals surface area contributed by atoms with Gasteiger partial charge in [-0.15, -0.1) is 0 Å². The van der Waals surface area contributed by atoms with Gasteiger partial charge in [0, 0.05) is 5.56 Å². The Kier molecular flexibility index (Phi) is 4.22. The highest BCUT2D eigenvalue weighted by Gasteiger charge is 2.06. The van der Waals surface area contributed by atoms with Gasteiger partial charge in [-0.1, -0.05) is 0 Å². The fourth-order valence-electron chi connectivity index (χ4n) is 1.57. The van der Waals surface area contributed by atoms with E-state index in [-0.39, 0.29) is 5.78 Å². The number of rotatable bonds is 4. The third-order valence-electron chi connectivity index (χ3n) is 2.63. The topological polar surface area (TPSA) is 35.5 Å². The second-order valence-electron chi connectivity index (χ2n) is 3.98. The molecule has 0 saturated heterocycles. The Morgan fingerprint density at radius 3 is 2.21 bits per heavy atom. The number of ketones is 1. The molecule has 0 aliphatic heterocycles. The maximum atomic E-state index is 11.3. The van der Waals surface area contributed by atoms with Gasteiger partial charge in [-0.3, -0.25) is 4.79 Å². The number of benzene rings is 2. The van der Waals surface area contributed by atoms with E-state index >= 15 is 0 Å². The smallest absolute Gasteiger partial charge is 0.159 e. The van der Waals surface area contributed by atoms with Crippen molar-refractivity contribution in [2.75, 3.05) is 7.11 Å². The lowest BCUT2D eigenvalue weighted by atomic mass is 10.1. The summed E-state index contributed by atoms with van der Waals surface area (Å²) in [4.78, 5) is 11.3. The Morgan fingerprint density at radius 1 is 1.05 bits per heavy atom. The van der Waals surface area contributed by atoms with Crippen LogP contribution in [-0.2, 0) is 0 Å². The van der Waals surface area contributed by atoms with Gasteiger partial charge in [0.1, 0.15) is 17.2 Å². The molecule has 0 radical (unpaired) electrons. The summed E-state index contributed by atoms with van der Waals surface area (Å²) in [5.74, 6) is 2.17. The van der Waals surface area contributed by atoms with E-state index in [2.05, 4.69) is 15.9 Å². The van der Waals surface area contributed by atoms with E-state index in [9.17, 15) is 4.79 Å². The molecule has 0 aliphatic carbocycles. The highest BCUT2D eigenvalue weighted by atomic mass is 79.9. The molecule has 98 valence electrons. The number of methoxy groups -OCH3 is 1. The Bertz CT molecular complexity index is 591. The lowest BCUT2D eigenvalue weighted by molar-refractivity contribution is 0.101. The summed E-state index contributed by atoms with van der Waals surface area (Å²) < 4.78 is 11.6. The quantitative estimate of drug-likeness (QED) is 0.780. The van der Waals surface area contributed by atoms with Gasteiger partial charge in [0.05, 0.1) is 11.6 Å². The van der Waals surface area contributed by atoms with E-state index in [1.165, 1.54) is 6.92 Å². The predicted molar refractivity (Wildman–Crippen MR) is 77.2 cm³/mol. The first-order chi connectivity index (χ1) is 9.10. The zero-order valence-electron chi connectivity index (χ0n) is 10.6. The van der Waals surface area contributed by atoms with E-state index in [4.69, 9.17) is 9.47 Å². The Hall–Kier alpha value is -1.81. The highest BCUT2D eigenvalue weighted by Crippen LogP contribution is 2.31. The molecule has 0 unspecified atom stereocenters. The van der Waals surface area contributed by atoms with E-state index in [1.807, 2.05) is 24.3 Å². The van der Waals surface area contributed by atoms with Gasteiger partial charge in [-0.2, -0.15) is 0 Å². The van der Waals surface area contributed by atoms with Crippen LogP contribution in [0.5, 0.6) is 17.2 Å². The summed E-state index contributed by atoms with van der Waals surface area (Å²) in [6.45, 7) is 1.53. The fraction of sp³-hybridized carbons (Fsp3) is 0.133. The summed E-state index contributed by atoms with van der Waals surface area (Å²) in [5, 5.41) is 0. The first-order valence-corrected chi connectivity index (χ1v) is 6.52. The molecule has 0 heterocycles. The number of Topliss-reactive ketones (excluding diaryl/α,β-unsaturated/α-hetero) is 1. The van der Waals surface area contributed by atoms with Gasteiger partial charge in [-0.05, 0) is 65.3 Å². The first-order valence-electron chi connectivity index (χ1n) is 5.72. The highest BCUT2D eigenvalue weighted by molar-refractivity contribution is 9.10. The molecule has 0 spiro atoms. The molecule has 2 aromatic rings. The van der Waals surface area contributed by atoms with Crippen LogP contribution in [0, 0.1) is 0 Å². The van der Waals surface area contributed by atoms with Crippen LogP contribution in [0.15, 0.2) is 46.9 Å². The minimum absolute atomic E-state index is 0.0247. The maximum Gasteiger partial charge on any atom is 0.159 e. The standard InChI is InChI=1S/C15H13BrO3/c1-10(17)11-3-8-15(14(16)9-11)19-13-6-4-12(18-2)5-7-13/h3-9H,1-2H3. The SMILES string of the molecule is COc1ccc(Oc2ccc(C(C)=O)cc2Br)cc1. The third kappa shape index (κ3) is 3.35. The average Bonchev–Trinajstić information content (AvgIpc) is 2.41. The average molecular weight is 321 g/mol. The first kappa shape index (κ1) is 13.6. The van der Waals surface area contributed by atoms with Gasteiger partial charge in [-0.25, -0.2) is 0 Å². The van der Waals surface area contributed by atoms with Crippen molar-refractivity contribution < 1.29 is 14.3 Å². The van der Waals surface area contributed by atoms with Crippen molar-refractivity contribution in [3.05, 3.63) is 52.5 Å². The van der Waals surface area contributed by atoms with Crippen molar-refractivity contribution in [3.63, 3.8) is 0 Å². The molecule has 0 amide bonds. The lowest BCUT2D eigenvalue weighted by Gasteiger charge is -2.09. The number of ether oxygens (including phenoxy) is 2. The van der Waals surface area contributed by atoms with Crippen molar-refractivity contribution in [1.29, 1.82) is 0 Å². The zero-order chi connectivity index (χ0) is 13.8. The summed E-state index contributed by atoms with van der Waals surface area (Å²) in [5.41, 5.74) is 0.647. The molecular weight excluding hydrogens is 308 g/mol. The number of carbonyl (C=O) groups is 1. The molecule has 0 fully saturated rings. The summed E-state index contributed by atoms with van der Waals surface area (Å²) in [6.07, 6.45) is 0. The van der Waals surface area contributed by atoms with Gasteiger partial charge < -0.3 is 9.47 Å². The lowest BCUT2D eigenvalue weighted by Crippen LogP contribution is -1.93. The predicted octanol–water partition coefficient (Wildman–Crippen LogP) is 4.45. The normalized spacial score (nSPS) is 10.1. The van der Waals surface area contributed by atoms with Crippen LogP contribution in [-0.4, -0.2) is 12.9 Å². The minimum Gasteiger partial charge on any atom is -0.497 e. The van der Waals surface area contributed by atoms with Crippen LogP contribution in [0.1, 0.15) is 17.3 Å². The Balaban J connectivity index is 2.20. The van der Waals surface area contributed by atoms with Crippen LogP contribution < -0.4 is 9.47 Å². The monoisotopic (exact) mass is 320 g/mol. The van der Waals surface area contributed by atoms with Gasteiger partial charge in [0.2, 0.25) is 0 Å². The van der Waals surface area contributed by atoms with Crippen molar-refractivity contribution >= 4 is 21.7 Å². The van der Waals surface area contributed by atoms with E-state index in [0.717, 1.165) is 10.2 Å². The van der Waals surface area contributed by atoms with Crippen molar-refractivity contribution in [2.24, 2.45) is 0 Å². The second-order valence-corrected chi connectivity index (χ2v) is 4.83. The van der Waals surface area contributed by atoms with E-state index in [1.54, 1.807) is 25.3 Å². The molecule has 4 heteroatoms. The Morgan fingerprint density at radius 2 is 1.68 bits per heavy atom. The molecule has 2 rings (SSSR count). The van der Waals surface area contributed by atoms with Crippen LogP contribution in [0.3, 0.4) is 0 Å². The molecular formula is C15H13BrO3. The zero-order valence-corrected chi connectivity index (χ0v) is 12.2. The van der Waals surface area contributed by atoms with Crippen LogP contribution >= 0.6 is 15.9 Å². The third-order valence-corrected chi connectivity index (χ3v) is 3.25. The molecule has 0 bridgehead atoms. The van der Waals surface area contributed by atoms with Gasteiger partial charge in [0.25, 0.3) is 0 Å². The van der Waals surface area contributed by atoms with E-state index in [0.29, 0.717) is 17.1 Å². The molecule has 2 aromatic carbocycles. The molecule has 3 nitrogen and oxygen atoms in total. The molecule has 0 saturated carbocycles. The van der Waals surface area contributed by atoms with Gasteiger partial charge in [0.15, 0.2) is 5.78 Å². The van der Waals surface area contributed by atoms with Crippen LogP contribution in [0.2, 0.25) is 0 Å². The van der Waals surface area contributed by atoms with Crippen molar-refractivity contribution in [3.8, 4) is 17.2 Å². The Labute approximate surface area is 120 Å². The summed E-state index contributed by atoms with van der Waals surface area (Å²) >= 11 is 3.40. The molecule has 0 aliphatic rings. The van der Waals surface area contributed by atoms with Crippen molar-refractivity contribution in [1.82, 2.24) is 0 Å². The number of halogens is 1. The summed E-state index contributed by atoms with van der Waals surface area (Å²) in [6, 6.07) is 12.6. The molecule has 0 N–H and O–H groups in total. The second kappa shape index (κ2) is 5.89.